The molecule has 8 unspecified atom stereocenters. The zero-order valence-electron chi connectivity index (χ0n) is 40.8. The summed E-state index contributed by atoms with van der Waals surface area (Å²) in [5, 5.41) is 0. The number of esters is 2. The molecule has 8 bridgehead atoms. The van der Waals surface area contributed by atoms with Crippen LogP contribution in [0, 0.1) is 17.8 Å². The number of nitrogens with two attached hydrogens (primary N) is 4. The molecule has 4 amide bonds. The molecule has 3 aliphatic heterocycles. The van der Waals surface area contributed by atoms with E-state index in [0.717, 1.165) is 35.2 Å². The highest BCUT2D eigenvalue weighted by atomic mass is 16.6. The van der Waals surface area contributed by atoms with E-state index in [0.29, 0.717) is 49.7 Å². The van der Waals surface area contributed by atoms with Gasteiger partial charge in [0.25, 0.3) is 11.8 Å². The molecule has 2 saturated carbocycles. The topological polar surface area (TPSA) is 235 Å². The lowest BCUT2D eigenvalue weighted by molar-refractivity contribution is -0.172. The Bertz CT molecular complexity index is 2650. The molecule has 3 aromatic rings. The first-order valence-corrected chi connectivity index (χ1v) is 24.7. The SMILES string of the molecule is CC1CC(C2C3CCC(C3)N2[C@@](C(N)=O)(C(=O)OC(N)=O)[C@@]2(C)Cc3ccc2cc3)N(c2ccc(C(C)(C)C)cc2)[C@]1(C)C1C2CCC(C2)N1[C@@](C(N)=O)(C(=O)OC(N)=O)[C@@]1(C)Cc2ccc1cc2. The van der Waals surface area contributed by atoms with Gasteiger partial charge in [-0.1, -0.05) is 102 Å². The first-order valence-electron chi connectivity index (χ1n) is 24.7. The van der Waals surface area contributed by atoms with Crippen molar-refractivity contribution in [2.24, 2.45) is 40.7 Å². The van der Waals surface area contributed by atoms with E-state index in [2.05, 4.69) is 68.7 Å². The van der Waals surface area contributed by atoms with E-state index in [-0.39, 0.29) is 41.7 Å². The molecule has 3 aromatic carbocycles. The number of ether oxygens (including phenoxy) is 2. The van der Waals surface area contributed by atoms with Gasteiger partial charge >= 0.3 is 24.1 Å². The lowest BCUT2D eigenvalue weighted by Gasteiger charge is -2.61. The minimum absolute atomic E-state index is 0.00537. The average molecular weight is 942 g/mol. The first-order chi connectivity index (χ1) is 32.5. The molecule has 12 rings (SSSR count). The van der Waals surface area contributed by atoms with E-state index >= 15 is 9.59 Å². The van der Waals surface area contributed by atoms with Crippen molar-refractivity contribution in [3.05, 3.63) is 101 Å². The van der Waals surface area contributed by atoms with Crippen molar-refractivity contribution in [1.29, 1.82) is 0 Å². The van der Waals surface area contributed by atoms with E-state index in [9.17, 15) is 19.2 Å². The Kier molecular flexibility index (Phi) is 10.6. The molecule has 15 nitrogen and oxygen atoms in total. The normalized spacial score (nSPS) is 34.9. The van der Waals surface area contributed by atoms with Crippen LogP contribution in [0.4, 0.5) is 15.3 Å². The summed E-state index contributed by atoms with van der Waals surface area (Å²) >= 11 is 0. The predicted octanol–water partition coefficient (Wildman–Crippen LogP) is 5.38. The summed E-state index contributed by atoms with van der Waals surface area (Å²) in [6.07, 6.45) is 2.87. The number of rotatable bonds is 11. The number of nitrogens with zero attached hydrogens (tertiary/aromatic N) is 3. The molecule has 15 heteroatoms. The average Bonchev–Trinajstić information content (AvgIpc) is 4.12. The summed E-state index contributed by atoms with van der Waals surface area (Å²) in [5.41, 5.74) is 22.1. The van der Waals surface area contributed by atoms with E-state index in [1.165, 1.54) is 0 Å². The highest BCUT2D eigenvalue weighted by Gasteiger charge is 2.76. The van der Waals surface area contributed by atoms with Crippen LogP contribution in [0.15, 0.2) is 72.8 Å². The quantitative estimate of drug-likeness (QED) is 0.141. The molecule has 5 fully saturated rings. The van der Waals surface area contributed by atoms with E-state index < -0.39 is 81.5 Å². The molecule has 13 atom stereocenters. The van der Waals surface area contributed by atoms with E-state index in [4.69, 9.17) is 32.4 Å². The Morgan fingerprint density at radius 3 is 1.48 bits per heavy atom. The smallest absolute Gasteiger partial charge is 0.375 e. The van der Waals surface area contributed by atoms with Gasteiger partial charge in [0.05, 0.1) is 5.54 Å². The van der Waals surface area contributed by atoms with Crippen molar-refractivity contribution in [2.45, 2.75) is 169 Å². The van der Waals surface area contributed by atoms with Crippen LogP contribution >= 0.6 is 0 Å². The highest BCUT2D eigenvalue weighted by Crippen LogP contribution is 2.63. The van der Waals surface area contributed by atoms with Crippen LogP contribution in [-0.4, -0.2) is 92.6 Å². The second-order valence-electron chi connectivity index (χ2n) is 23.3. The molecule has 9 aliphatic rings. The minimum atomic E-state index is -2.19. The highest BCUT2D eigenvalue weighted by molar-refractivity contribution is 6.12. The number of benzene rings is 3. The fraction of sp³-hybridized carbons (Fsp3) is 0.556. The Morgan fingerprint density at radius 2 is 1.04 bits per heavy atom. The third-order valence-electron chi connectivity index (χ3n) is 19.0. The van der Waals surface area contributed by atoms with Gasteiger partial charge in [-0.15, -0.1) is 0 Å². The number of hydrogen-bond donors (Lipinski definition) is 4. The van der Waals surface area contributed by atoms with Gasteiger partial charge in [0, 0.05) is 46.7 Å². The Balaban J connectivity index is 1.20. The van der Waals surface area contributed by atoms with Gasteiger partial charge in [0.1, 0.15) is 0 Å². The molecule has 0 aromatic heterocycles. The molecule has 8 N–H and O–H groups in total. The number of anilines is 1. The summed E-state index contributed by atoms with van der Waals surface area (Å²) in [5.74, 6) is -4.22. The first kappa shape index (κ1) is 46.9. The van der Waals surface area contributed by atoms with E-state index in [1.54, 1.807) is 0 Å². The largest absolute Gasteiger partial charge is 0.412 e. The van der Waals surface area contributed by atoms with Crippen LogP contribution in [0.5, 0.6) is 0 Å². The number of piperidine rings is 2. The van der Waals surface area contributed by atoms with Gasteiger partial charge < -0.3 is 37.3 Å². The van der Waals surface area contributed by atoms with Crippen molar-refractivity contribution >= 4 is 41.6 Å². The summed E-state index contributed by atoms with van der Waals surface area (Å²) in [7, 11) is 0. The number of hydrogen-bond acceptors (Lipinski definition) is 11. The fourth-order valence-electron chi connectivity index (χ4n) is 16.1. The summed E-state index contributed by atoms with van der Waals surface area (Å²) in [4.78, 5) is 92.4. The zero-order valence-corrected chi connectivity index (χ0v) is 40.8. The van der Waals surface area contributed by atoms with Gasteiger partial charge in [0.2, 0.25) is 11.1 Å². The summed E-state index contributed by atoms with van der Waals surface area (Å²) < 4.78 is 10.8. The van der Waals surface area contributed by atoms with Gasteiger partial charge in [0.15, 0.2) is 0 Å². The van der Waals surface area contributed by atoms with Gasteiger partial charge in [-0.25, -0.2) is 19.2 Å². The van der Waals surface area contributed by atoms with Crippen molar-refractivity contribution in [3.63, 3.8) is 0 Å². The van der Waals surface area contributed by atoms with Gasteiger partial charge in [-0.05, 0) is 128 Å². The molecule has 6 aliphatic carbocycles. The molecule has 69 heavy (non-hydrogen) atoms. The second-order valence-corrected chi connectivity index (χ2v) is 23.3. The molecule has 3 saturated heterocycles. The number of carbonyl (C=O) groups is 6. The maximum atomic E-state index is 15.3. The van der Waals surface area contributed by atoms with Crippen molar-refractivity contribution in [1.82, 2.24) is 9.80 Å². The van der Waals surface area contributed by atoms with Crippen molar-refractivity contribution in [3.8, 4) is 0 Å². The third kappa shape index (κ3) is 6.23. The van der Waals surface area contributed by atoms with Crippen molar-refractivity contribution < 1.29 is 38.2 Å². The molecular weight excluding hydrogens is 875 g/mol. The standard InChI is InChI=1S/C54H67N7O8/c1-29-24-40(41-32-12-20-38(25-32)60(41)53(43(55)62,45(64)68-47(57)66)50(5)27-30-8-14-35(50)15-9-30)59(37-22-18-34(19-23-37)49(2,3)4)52(29,7)42-33-13-21-39(26-33)61(42)54(44(56)63,46(65)69-48(58)67)51(6)28-31-10-16-36(51)17-11-31/h8-11,14-19,22-23,29,32-33,38-42H,12-13,20-21,24-28H2,1-7H3,(H2,55,62)(H2,56,63)(H2,57,66)(H2,58,67)/t29?,32?,33?,38?,39?,40?,41?,42?,50-,51-,52-,53-,54-/m0/s1. The number of amides is 4. The molecule has 3 heterocycles. The molecule has 366 valence electrons. The van der Waals surface area contributed by atoms with Crippen LogP contribution in [0.3, 0.4) is 0 Å². The van der Waals surface area contributed by atoms with Gasteiger partial charge in [-0.3, -0.25) is 19.4 Å². The number of carbonyl (C=O) groups excluding carboxylic acids is 6. The van der Waals surface area contributed by atoms with Gasteiger partial charge in [-0.2, -0.15) is 0 Å². The van der Waals surface area contributed by atoms with E-state index in [1.807, 2.05) is 67.3 Å². The maximum Gasteiger partial charge on any atom is 0.412 e. The zero-order chi connectivity index (χ0) is 49.5. The number of likely N-dealkylation sites (tertiary alicyclic amines) is 2. The summed E-state index contributed by atoms with van der Waals surface area (Å²) in [6, 6.07) is 22.1. The Morgan fingerprint density at radius 1 is 0.594 bits per heavy atom. The number of primary amides is 4. The van der Waals surface area contributed by atoms with Crippen LogP contribution in [-0.2, 0) is 57.7 Å². The minimum Gasteiger partial charge on any atom is -0.375 e. The van der Waals surface area contributed by atoms with Crippen LogP contribution in [0.25, 0.3) is 0 Å². The fourth-order valence-corrected chi connectivity index (χ4v) is 16.1. The second kappa shape index (κ2) is 15.6. The third-order valence-corrected chi connectivity index (χ3v) is 19.0. The summed E-state index contributed by atoms with van der Waals surface area (Å²) in [6.45, 7) is 14.7. The lowest BCUT2D eigenvalue weighted by atomic mass is 9.58. The maximum absolute atomic E-state index is 15.3. The van der Waals surface area contributed by atoms with Crippen LogP contribution in [0.1, 0.15) is 121 Å². The molecule has 0 radical (unpaired) electrons. The van der Waals surface area contributed by atoms with Crippen LogP contribution in [0.2, 0.25) is 0 Å². The Labute approximate surface area is 403 Å². The number of fused-ring (bicyclic) bond motifs is 10. The monoisotopic (exact) mass is 942 g/mol. The molecule has 0 spiro atoms. The lowest BCUT2D eigenvalue weighted by Crippen LogP contribution is -2.80. The molecular formula is C54H67N7O8. The van der Waals surface area contributed by atoms with Crippen LogP contribution < -0.4 is 27.8 Å². The predicted molar refractivity (Wildman–Crippen MR) is 257 cm³/mol. The Hall–Kier alpha value is -5.80. The van der Waals surface area contributed by atoms with Crippen molar-refractivity contribution in [2.75, 3.05) is 4.90 Å².